The largest absolute Gasteiger partial charge is 0.0656 e. The SMILES string of the molecule is CCC.CCC.CCC.CCC.CCC.CCC.CCC.c1ccc(-c2ccccc2)cc1.c1ccccc1.c1ccccc1.c1ccccc1. The zero-order valence-electron chi connectivity index (χ0n) is 36.1. The lowest BCUT2D eigenvalue weighted by atomic mass is 10.1. The predicted octanol–water partition coefficient (Wildman–Crippen LogP) is 18.3. The van der Waals surface area contributed by atoms with E-state index in [2.05, 4.69) is 145 Å². The van der Waals surface area contributed by atoms with Crippen molar-refractivity contribution < 1.29 is 0 Å². The molecule has 0 heteroatoms. The van der Waals surface area contributed by atoms with E-state index >= 15 is 0 Å². The minimum absolute atomic E-state index is 1.25. The number of rotatable bonds is 1. The van der Waals surface area contributed by atoms with E-state index in [4.69, 9.17) is 0 Å². The molecule has 0 nitrogen and oxygen atoms in total. The fourth-order valence-electron chi connectivity index (χ4n) is 2.42. The Bertz CT molecular complexity index is 847. The molecule has 0 heterocycles. The van der Waals surface area contributed by atoms with Gasteiger partial charge in [-0.2, -0.15) is 0 Å². The molecule has 288 valence electrons. The summed E-state index contributed by atoms with van der Waals surface area (Å²) in [6.45, 7) is 29.8. The smallest absolute Gasteiger partial charge is 0.0184 e. The average molecular weight is 697 g/mol. The second kappa shape index (κ2) is 68.1. The monoisotopic (exact) mass is 697 g/mol. The zero-order valence-corrected chi connectivity index (χ0v) is 36.1. The Morgan fingerprint density at radius 1 is 0.176 bits per heavy atom. The van der Waals surface area contributed by atoms with Crippen LogP contribution in [0.1, 0.15) is 142 Å². The number of hydrogen-bond donors (Lipinski definition) is 0. The third-order valence-corrected chi connectivity index (χ3v) is 3.88. The van der Waals surface area contributed by atoms with Crippen molar-refractivity contribution in [3.05, 3.63) is 170 Å². The van der Waals surface area contributed by atoms with Crippen LogP contribution in [0.2, 0.25) is 0 Å². The van der Waals surface area contributed by atoms with Gasteiger partial charge in [-0.25, -0.2) is 0 Å². The van der Waals surface area contributed by atoms with E-state index in [0.717, 1.165) is 0 Å². The van der Waals surface area contributed by atoms with Gasteiger partial charge in [-0.1, -0.05) is 312 Å². The Morgan fingerprint density at radius 3 is 0.353 bits per heavy atom. The van der Waals surface area contributed by atoms with Crippen molar-refractivity contribution in [2.75, 3.05) is 0 Å². The van der Waals surface area contributed by atoms with Crippen LogP contribution in [0.4, 0.5) is 0 Å². The van der Waals surface area contributed by atoms with Crippen LogP contribution in [-0.2, 0) is 0 Å². The van der Waals surface area contributed by atoms with Gasteiger partial charge in [-0.05, 0) is 11.1 Å². The lowest BCUT2D eigenvalue weighted by Crippen LogP contribution is -1.73. The molecule has 0 radical (unpaired) electrons. The summed E-state index contributed by atoms with van der Waals surface area (Å²) in [6.07, 6.45) is 8.75. The summed E-state index contributed by atoms with van der Waals surface area (Å²) in [6, 6.07) is 56.8. The van der Waals surface area contributed by atoms with Crippen molar-refractivity contribution >= 4 is 0 Å². The quantitative estimate of drug-likeness (QED) is 0.164. The Kier molecular flexibility index (Phi) is 79.2. The van der Waals surface area contributed by atoms with Gasteiger partial charge >= 0.3 is 0 Å². The molecule has 5 aromatic carbocycles. The van der Waals surface area contributed by atoms with E-state index in [9.17, 15) is 0 Å². The lowest BCUT2D eigenvalue weighted by Gasteiger charge is -1.98. The van der Waals surface area contributed by atoms with Gasteiger partial charge in [0.15, 0.2) is 0 Å². The van der Waals surface area contributed by atoms with E-state index in [-0.39, 0.29) is 0 Å². The molecule has 0 unspecified atom stereocenters. The molecule has 0 bridgehead atoms. The summed E-state index contributed by atoms with van der Waals surface area (Å²) in [5, 5.41) is 0. The molecule has 0 saturated carbocycles. The molecule has 5 rings (SSSR count). The minimum atomic E-state index is 1.25. The van der Waals surface area contributed by atoms with E-state index < -0.39 is 0 Å². The maximum Gasteiger partial charge on any atom is -0.0184 e. The molecule has 0 atom stereocenters. The molecule has 0 N–H and O–H groups in total. The van der Waals surface area contributed by atoms with Crippen LogP contribution >= 0.6 is 0 Å². The van der Waals surface area contributed by atoms with E-state index in [1.807, 2.05) is 121 Å². The second-order valence-electron chi connectivity index (χ2n) is 11.1. The molecule has 0 fully saturated rings. The maximum atomic E-state index is 2.12. The summed E-state index contributed by atoms with van der Waals surface area (Å²) in [4.78, 5) is 0. The van der Waals surface area contributed by atoms with E-state index in [1.54, 1.807) is 0 Å². The second-order valence-corrected chi connectivity index (χ2v) is 11.1. The third-order valence-electron chi connectivity index (χ3n) is 3.88. The third kappa shape index (κ3) is 77.1. The summed E-state index contributed by atoms with van der Waals surface area (Å²) < 4.78 is 0. The Hall–Kier alpha value is -3.90. The Labute approximate surface area is 321 Å². The first-order valence-electron chi connectivity index (χ1n) is 20.0. The van der Waals surface area contributed by atoms with Gasteiger partial charge in [-0.3, -0.25) is 0 Å². The molecule has 0 aliphatic carbocycles. The average Bonchev–Trinajstić information content (AvgIpc) is 3.18. The van der Waals surface area contributed by atoms with Gasteiger partial charge in [0, 0.05) is 0 Å². The fraction of sp³-hybridized carbons (Fsp3) is 0.412. The van der Waals surface area contributed by atoms with Crippen molar-refractivity contribution in [2.45, 2.75) is 142 Å². The van der Waals surface area contributed by atoms with Crippen LogP contribution in [0, 0.1) is 0 Å². The summed E-state index contributed by atoms with van der Waals surface area (Å²) in [5.74, 6) is 0. The highest BCUT2D eigenvalue weighted by Crippen LogP contribution is 2.17. The van der Waals surface area contributed by atoms with Gasteiger partial charge in [0.25, 0.3) is 0 Å². The molecule has 51 heavy (non-hydrogen) atoms. The Morgan fingerprint density at radius 2 is 0.255 bits per heavy atom. The lowest BCUT2D eigenvalue weighted by molar-refractivity contribution is 1.09. The molecule has 0 saturated heterocycles. The van der Waals surface area contributed by atoms with Crippen molar-refractivity contribution in [1.29, 1.82) is 0 Å². The fourth-order valence-corrected chi connectivity index (χ4v) is 2.42. The van der Waals surface area contributed by atoms with Crippen LogP contribution in [0.15, 0.2) is 170 Å². The molecular weight excluding hydrogens is 613 g/mol. The molecule has 0 aliphatic rings. The number of hydrogen-bond acceptors (Lipinski definition) is 0. The highest BCUT2D eigenvalue weighted by molar-refractivity contribution is 5.62. The van der Waals surface area contributed by atoms with Crippen molar-refractivity contribution in [2.24, 2.45) is 0 Å². The standard InChI is InChI=1S/C12H10.3C6H6.7C3H8/c1-3-7-11(8-4-1)12-9-5-2-6-10-12;3*1-2-4-6-5-3-1;7*1-3-2/h1-10H;3*1-6H;7*3H2,1-2H3. The van der Waals surface area contributed by atoms with Crippen LogP contribution < -0.4 is 0 Å². The summed E-state index contributed by atoms with van der Waals surface area (Å²) >= 11 is 0. The number of benzene rings is 5. The van der Waals surface area contributed by atoms with Crippen LogP contribution in [-0.4, -0.2) is 0 Å². The first-order valence-corrected chi connectivity index (χ1v) is 20.0. The zero-order chi connectivity index (χ0) is 39.9. The predicted molar refractivity (Wildman–Crippen MR) is 243 cm³/mol. The van der Waals surface area contributed by atoms with Gasteiger partial charge in [0.1, 0.15) is 0 Å². The highest BCUT2D eigenvalue weighted by Gasteiger charge is 1.91. The van der Waals surface area contributed by atoms with Crippen LogP contribution in [0.3, 0.4) is 0 Å². The molecule has 0 amide bonds. The van der Waals surface area contributed by atoms with Gasteiger partial charge in [0.2, 0.25) is 0 Å². The Balaban J connectivity index is -0.000000115. The molecular formula is C51H84. The minimum Gasteiger partial charge on any atom is -0.0656 e. The molecule has 0 spiro atoms. The highest BCUT2D eigenvalue weighted by atomic mass is 14.0. The maximum absolute atomic E-state index is 2.12. The first-order chi connectivity index (χ1) is 24.9. The van der Waals surface area contributed by atoms with Crippen molar-refractivity contribution in [3.63, 3.8) is 0 Å². The van der Waals surface area contributed by atoms with Crippen molar-refractivity contribution in [3.8, 4) is 11.1 Å². The molecule has 0 aliphatic heterocycles. The van der Waals surface area contributed by atoms with Gasteiger partial charge in [-0.15, -0.1) is 0 Å². The summed E-state index contributed by atoms with van der Waals surface area (Å²) in [7, 11) is 0. The van der Waals surface area contributed by atoms with E-state index in [0.29, 0.717) is 0 Å². The van der Waals surface area contributed by atoms with Gasteiger partial charge < -0.3 is 0 Å². The first kappa shape index (κ1) is 59.3. The van der Waals surface area contributed by atoms with Crippen molar-refractivity contribution in [1.82, 2.24) is 0 Å². The molecule has 0 aromatic heterocycles. The van der Waals surface area contributed by atoms with E-state index in [1.165, 1.54) is 56.1 Å². The normalized spacial score (nSPS) is 7.57. The summed E-state index contributed by atoms with van der Waals surface area (Å²) in [5.41, 5.74) is 2.55. The van der Waals surface area contributed by atoms with Crippen LogP contribution in [0.5, 0.6) is 0 Å². The topological polar surface area (TPSA) is 0 Å². The van der Waals surface area contributed by atoms with Crippen LogP contribution in [0.25, 0.3) is 11.1 Å². The molecule has 5 aromatic rings. The van der Waals surface area contributed by atoms with Gasteiger partial charge in [0.05, 0.1) is 0 Å².